The quantitative estimate of drug-likeness (QED) is 0.821. The lowest BCUT2D eigenvalue weighted by molar-refractivity contribution is -0.139. The second-order valence-corrected chi connectivity index (χ2v) is 5.08. The van der Waals surface area contributed by atoms with Crippen molar-refractivity contribution in [3.05, 3.63) is 48.2 Å². The molecule has 2 aromatic rings. The van der Waals surface area contributed by atoms with Crippen LogP contribution in [0.1, 0.15) is 18.4 Å². The minimum Gasteiger partial charge on any atom is -0.481 e. The van der Waals surface area contributed by atoms with Gasteiger partial charge in [-0.1, -0.05) is 24.3 Å². The molecule has 1 atom stereocenters. The summed E-state index contributed by atoms with van der Waals surface area (Å²) in [5, 5.41) is 18.2. The Hall–Kier alpha value is -2.40. The third-order valence-corrected chi connectivity index (χ3v) is 3.41. The van der Waals surface area contributed by atoms with Crippen LogP contribution in [0.15, 0.2) is 42.6 Å². The van der Waals surface area contributed by atoms with Gasteiger partial charge >= 0.3 is 5.97 Å². The van der Waals surface area contributed by atoms with Gasteiger partial charge in [0, 0.05) is 17.8 Å². The third-order valence-electron chi connectivity index (χ3n) is 3.41. The van der Waals surface area contributed by atoms with Gasteiger partial charge in [0.2, 0.25) is 5.88 Å². The summed E-state index contributed by atoms with van der Waals surface area (Å²) in [6.07, 6.45) is 1.83. The summed E-state index contributed by atoms with van der Waals surface area (Å²) in [4.78, 5) is 14.7. The van der Waals surface area contributed by atoms with Crippen molar-refractivity contribution in [3.63, 3.8) is 0 Å². The Bertz CT molecular complexity index is 608. The molecule has 1 aromatic carbocycles. The van der Waals surface area contributed by atoms with Gasteiger partial charge < -0.3 is 14.9 Å². The van der Waals surface area contributed by atoms with E-state index < -0.39 is 12.1 Å². The molecule has 5 heteroatoms. The maximum Gasteiger partial charge on any atom is 0.305 e. The van der Waals surface area contributed by atoms with Crippen molar-refractivity contribution in [2.45, 2.75) is 25.4 Å². The van der Waals surface area contributed by atoms with Crippen LogP contribution >= 0.6 is 0 Å². The molecule has 0 amide bonds. The van der Waals surface area contributed by atoms with E-state index in [-0.39, 0.29) is 6.42 Å². The Morgan fingerprint density at radius 1 is 1.18 bits per heavy atom. The van der Waals surface area contributed by atoms with Crippen molar-refractivity contribution in [2.75, 3.05) is 7.11 Å². The second-order valence-electron chi connectivity index (χ2n) is 5.08. The smallest absolute Gasteiger partial charge is 0.305 e. The summed E-state index contributed by atoms with van der Waals surface area (Å²) in [7, 11) is 1.58. The van der Waals surface area contributed by atoms with E-state index in [0.717, 1.165) is 16.7 Å². The number of rotatable bonds is 7. The van der Waals surface area contributed by atoms with Crippen molar-refractivity contribution in [3.8, 4) is 17.0 Å². The molecule has 2 rings (SSSR count). The van der Waals surface area contributed by atoms with Gasteiger partial charge in [-0.2, -0.15) is 0 Å². The van der Waals surface area contributed by atoms with E-state index in [0.29, 0.717) is 18.7 Å². The largest absolute Gasteiger partial charge is 0.481 e. The van der Waals surface area contributed by atoms with E-state index >= 15 is 0 Å². The van der Waals surface area contributed by atoms with Crippen LogP contribution in [0.2, 0.25) is 0 Å². The maximum absolute atomic E-state index is 10.5. The Morgan fingerprint density at radius 2 is 1.86 bits per heavy atom. The highest BCUT2D eigenvalue weighted by atomic mass is 16.5. The number of aliphatic hydroxyl groups excluding tert-OH is 1. The van der Waals surface area contributed by atoms with Crippen molar-refractivity contribution in [2.24, 2.45) is 0 Å². The van der Waals surface area contributed by atoms with Gasteiger partial charge in [0.1, 0.15) is 0 Å². The summed E-state index contributed by atoms with van der Waals surface area (Å²) in [6, 6.07) is 11.7. The molecule has 0 saturated carbocycles. The van der Waals surface area contributed by atoms with Gasteiger partial charge in [0.05, 0.1) is 19.6 Å². The molecular weight excluding hydrogens is 282 g/mol. The third kappa shape index (κ3) is 4.56. The molecule has 5 nitrogen and oxygen atoms in total. The van der Waals surface area contributed by atoms with Crippen LogP contribution < -0.4 is 4.74 Å². The number of hydrogen-bond acceptors (Lipinski definition) is 4. The van der Waals surface area contributed by atoms with E-state index in [4.69, 9.17) is 9.84 Å². The number of pyridine rings is 1. The Labute approximate surface area is 129 Å². The minimum atomic E-state index is -0.977. The first-order valence-electron chi connectivity index (χ1n) is 7.07. The van der Waals surface area contributed by atoms with E-state index in [1.807, 2.05) is 36.4 Å². The Balaban J connectivity index is 1.96. The number of aliphatic hydroxyl groups is 1. The lowest BCUT2D eigenvalue weighted by Gasteiger charge is -2.08. The lowest BCUT2D eigenvalue weighted by atomic mass is 10.0. The zero-order valence-corrected chi connectivity index (χ0v) is 12.4. The number of aryl methyl sites for hydroxylation is 1. The molecule has 0 saturated heterocycles. The fourth-order valence-corrected chi connectivity index (χ4v) is 2.17. The first-order chi connectivity index (χ1) is 10.6. The minimum absolute atomic E-state index is 0.213. The lowest BCUT2D eigenvalue weighted by Crippen LogP contribution is -2.13. The molecule has 0 aliphatic rings. The fraction of sp³-hybridized carbons (Fsp3) is 0.294. The average Bonchev–Trinajstić information content (AvgIpc) is 2.53. The predicted octanol–water partition coefficient (Wildman–Crippen LogP) is 2.53. The molecule has 116 valence electrons. The van der Waals surface area contributed by atoms with Crippen LogP contribution in [0.4, 0.5) is 0 Å². The molecule has 1 aromatic heterocycles. The number of carboxylic acids is 1. The van der Waals surface area contributed by atoms with Crippen LogP contribution in [0.3, 0.4) is 0 Å². The van der Waals surface area contributed by atoms with Gasteiger partial charge in [-0.05, 0) is 30.0 Å². The van der Waals surface area contributed by atoms with Gasteiger partial charge in [-0.15, -0.1) is 0 Å². The summed E-state index contributed by atoms with van der Waals surface area (Å²) in [6.45, 7) is 0. The topological polar surface area (TPSA) is 79.7 Å². The molecule has 0 spiro atoms. The normalized spacial score (nSPS) is 11.9. The van der Waals surface area contributed by atoms with Gasteiger partial charge in [0.25, 0.3) is 0 Å². The summed E-state index contributed by atoms with van der Waals surface area (Å²) < 4.78 is 5.03. The molecule has 0 aliphatic carbocycles. The number of benzene rings is 1. The first-order valence-corrected chi connectivity index (χ1v) is 7.07. The number of methoxy groups -OCH3 is 1. The van der Waals surface area contributed by atoms with Crippen LogP contribution in [0, 0.1) is 0 Å². The predicted molar refractivity (Wildman–Crippen MR) is 82.8 cm³/mol. The van der Waals surface area contributed by atoms with Gasteiger partial charge in [0.15, 0.2) is 0 Å². The average molecular weight is 301 g/mol. The van der Waals surface area contributed by atoms with Crippen LogP contribution in [-0.2, 0) is 11.2 Å². The van der Waals surface area contributed by atoms with Crippen LogP contribution in [0.5, 0.6) is 5.88 Å². The number of aromatic nitrogens is 1. The van der Waals surface area contributed by atoms with Crippen molar-refractivity contribution in [1.82, 2.24) is 4.98 Å². The molecular formula is C17H19NO4. The van der Waals surface area contributed by atoms with E-state index in [1.165, 1.54) is 0 Å². The Kier molecular flexibility index (Phi) is 5.49. The SMILES string of the molecule is COc1ccc(-c2ccc(CCC(O)CC(=O)O)cc2)cn1. The van der Waals surface area contributed by atoms with Gasteiger partial charge in [-0.25, -0.2) is 4.98 Å². The molecule has 0 radical (unpaired) electrons. The zero-order valence-electron chi connectivity index (χ0n) is 12.4. The second kappa shape index (κ2) is 7.56. The Morgan fingerprint density at radius 3 is 2.41 bits per heavy atom. The summed E-state index contributed by atoms with van der Waals surface area (Å²) in [5.74, 6) is -0.400. The highest BCUT2D eigenvalue weighted by Crippen LogP contribution is 2.21. The number of hydrogen-bond donors (Lipinski definition) is 2. The standard InChI is InChI=1S/C17H19NO4/c1-22-16-9-7-14(11-18-16)13-5-2-12(3-6-13)4-8-15(19)10-17(20)21/h2-3,5-7,9,11,15,19H,4,8,10H2,1H3,(H,20,21). The fourth-order valence-electron chi connectivity index (χ4n) is 2.17. The van der Waals surface area contributed by atoms with Crippen LogP contribution in [0.25, 0.3) is 11.1 Å². The number of carboxylic acid groups (broad SMARTS) is 1. The van der Waals surface area contributed by atoms with Crippen LogP contribution in [-0.4, -0.2) is 34.4 Å². The highest BCUT2D eigenvalue weighted by molar-refractivity contribution is 5.67. The van der Waals surface area contributed by atoms with E-state index in [1.54, 1.807) is 13.3 Å². The molecule has 22 heavy (non-hydrogen) atoms. The van der Waals surface area contributed by atoms with E-state index in [9.17, 15) is 9.90 Å². The first kappa shape index (κ1) is 16.0. The monoisotopic (exact) mass is 301 g/mol. The summed E-state index contributed by atoms with van der Waals surface area (Å²) in [5.41, 5.74) is 3.11. The van der Waals surface area contributed by atoms with E-state index in [2.05, 4.69) is 4.98 Å². The number of aliphatic carboxylic acids is 1. The van der Waals surface area contributed by atoms with Crippen molar-refractivity contribution in [1.29, 1.82) is 0 Å². The zero-order chi connectivity index (χ0) is 15.9. The number of ether oxygens (including phenoxy) is 1. The number of carbonyl (C=O) groups is 1. The number of nitrogens with zero attached hydrogens (tertiary/aromatic N) is 1. The van der Waals surface area contributed by atoms with Crippen molar-refractivity contribution < 1.29 is 19.7 Å². The summed E-state index contributed by atoms with van der Waals surface area (Å²) >= 11 is 0. The molecule has 0 bridgehead atoms. The van der Waals surface area contributed by atoms with Crippen molar-refractivity contribution >= 4 is 5.97 Å². The molecule has 1 unspecified atom stereocenters. The molecule has 2 N–H and O–H groups in total. The highest BCUT2D eigenvalue weighted by Gasteiger charge is 2.09. The molecule has 1 heterocycles. The maximum atomic E-state index is 10.5. The molecule has 0 fully saturated rings. The molecule has 0 aliphatic heterocycles. The van der Waals surface area contributed by atoms with Gasteiger partial charge in [-0.3, -0.25) is 4.79 Å².